The van der Waals surface area contributed by atoms with Crippen LogP contribution in [0.3, 0.4) is 0 Å². The summed E-state index contributed by atoms with van der Waals surface area (Å²) in [4.78, 5) is 36.6. The Morgan fingerprint density at radius 1 is 0.848 bits per heavy atom. The largest absolute Gasteiger partial charge is 0.463 e. The quantitative estimate of drug-likeness (QED) is 0.316. The molecule has 0 amide bonds. The number of carbonyl (C=O) groups excluding carboxylic acids is 3. The SMILES string of the molecule is CCOCC(C)(C)COC(C)(C)C(=O)OCC(C)OC(C)(C)C(=O)CCC(=O)OCC(C)O. The van der Waals surface area contributed by atoms with E-state index in [1.165, 1.54) is 6.92 Å². The van der Waals surface area contributed by atoms with E-state index in [1.807, 2.05) is 20.8 Å². The van der Waals surface area contributed by atoms with Crippen LogP contribution in [0, 0.1) is 5.41 Å². The molecular formula is C24H44O9. The van der Waals surface area contributed by atoms with Crippen LogP contribution in [0.1, 0.15) is 75.2 Å². The number of aliphatic hydroxyl groups excluding tert-OH is 1. The Balaban J connectivity index is 4.54. The normalized spacial score (nSPS) is 14.5. The fraction of sp³-hybridized carbons (Fsp3) is 0.875. The standard InChI is InChI=1S/C24H44O9/c1-10-29-15-22(4,5)16-32-24(8,9)21(28)31-14-18(3)33-23(6,7)19(26)11-12-20(27)30-13-17(2)25/h17-18,25H,10-16H2,1-9H3. The molecule has 0 radical (unpaired) electrons. The van der Waals surface area contributed by atoms with Crippen molar-refractivity contribution in [1.82, 2.24) is 0 Å². The van der Waals surface area contributed by atoms with Crippen molar-refractivity contribution in [2.24, 2.45) is 5.41 Å². The predicted octanol–water partition coefficient (Wildman–Crippen LogP) is 2.84. The molecule has 2 unspecified atom stereocenters. The third-order valence-corrected chi connectivity index (χ3v) is 4.67. The second kappa shape index (κ2) is 14.0. The van der Waals surface area contributed by atoms with Crippen LogP contribution in [0.5, 0.6) is 0 Å². The van der Waals surface area contributed by atoms with Crippen LogP contribution >= 0.6 is 0 Å². The Bertz CT molecular complexity index is 623. The number of aliphatic hydroxyl groups is 1. The summed E-state index contributed by atoms with van der Waals surface area (Å²) in [7, 11) is 0. The second-order valence-corrected chi connectivity index (χ2v) is 10.1. The molecule has 194 valence electrons. The Kier molecular flexibility index (Phi) is 13.3. The molecule has 0 aliphatic heterocycles. The van der Waals surface area contributed by atoms with Crippen molar-refractivity contribution < 1.29 is 43.2 Å². The van der Waals surface area contributed by atoms with Gasteiger partial charge in [-0.1, -0.05) is 13.8 Å². The van der Waals surface area contributed by atoms with Gasteiger partial charge in [0.15, 0.2) is 11.4 Å². The smallest absolute Gasteiger partial charge is 0.337 e. The third kappa shape index (κ3) is 13.7. The highest BCUT2D eigenvalue weighted by molar-refractivity contribution is 5.89. The van der Waals surface area contributed by atoms with Crippen LogP contribution in [0.25, 0.3) is 0 Å². The number of ketones is 1. The maximum absolute atomic E-state index is 12.5. The summed E-state index contributed by atoms with van der Waals surface area (Å²) in [6, 6.07) is 0. The Labute approximate surface area is 198 Å². The molecule has 0 saturated heterocycles. The number of ether oxygens (including phenoxy) is 5. The van der Waals surface area contributed by atoms with Gasteiger partial charge in [-0.15, -0.1) is 0 Å². The van der Waals surface area contributed by atoms with Gasteiger partial charge < -0.3 is 28.8 Å². The lowest BCUT2D eigenvalue weighted by atomic mass is 9.96. The Morgan fingerprint density at radius 3 is 2.00 bits per heavy atom. The average Bonchev–Trinajstić information content (AvgIpc) is 2.71. The molecule has 0 saturated carbocycles. The van der Waals surface area contributed by atoms with Gasteiger partial charge in [0.2, 0.25) is 0 Å². The van der Waals surface area contributed by atoms with Crippen molar-refractivity contribution in [3.05, 3.63) is 0 Å². The van der Waals surface area contributed by atoms with E-state index < -0.39 is 35.3 Å². The molecule has 33 heavy (non-hydrogen) atoms. The van der Waals surface area contributed by atoms with Gasteiger partial charge in [-0.05, 0) is 48.5 Å². The fourth-order valence-corrected chi connectivity index (χ4v) is 2.63. The monoisotopic (exact) mass is 476 g/mol. The predicted molar refractivity (Wildman–Crippen MR) is 123 cm³/mol. The van der Waals surface area contributed by atoms with Crippen molar-refractivity contribution in [3.8, 4) is 0 Å². The van der Waals surface area contributed by atoms with Gasteiger partial charge in [0.25, 0.3) is 0 Å². The summed E-state index contributed by atoms with van der Waals surface area (Å²) in [6.07, 6.45) is -1.48. The molecule has 0 aromatic rings. The van der Waals surface area contributed by atoms with Crippen LogP contribution in [-0.4, -0.2) is 79.3 Å². The summed E-state index contributed by atoms with van der Waals surface area (Å²) in [5.41, 5.74) is -2.58. The number of Topliss-reactive ketones (excluding diaryl/α,β-unsaturated/α-hetero) is 1. The van der Waals surface area contributed by atoms with E-state index in [4.69, 9.17) is 28.8 Å². The summed E-state index contributed by atoms with van der Waals surface area (Å²) in [5.74, 6) is -1.38. The first-order valence-corrected chi connectivity index (χ1v) is 11.5. The maximum atomic E-state index is 12.5. The molecule has 1 N–H and O–H groups in total. The highest BCUT2D eigenvalue weighted by Crippen LogP contribution is 2.22. The molecule has 0 aromatic heterocycles. The Morgan fingerprint density at radius 2 is 1.45 bits per heavy atom. The number of rotatable bonds is 17. The summed E-state index contributed by atoms with van der Waals surface area (Å²) >= 11 is 0. The maximum Gasteiger partial charge on any atom is 0.337 e. The zero-order chi connectivity index (χ0) is 25.9. The molecule has 0 aromatic carbocycles. The van der Waals surface area contributed by atoms with E-state index in [-0.39, 0.29) is 37.3 Å². The van der Waals surface area contributed by atoms with E-state index in [1.54, 1.807) is 34.6 Å². The van der Waals surface area contributed by atoms with Crippen molar-refractivity contribution in [1.29, 1.82) is 0 Å². The summed E-state index contributed by atoms with van der Waals surface area (Å²) in [5, 5.41) is 9.13. The molecule has 9 nitrogen and oxygen atoms in total. The van der Waals surface area contributed by atoms with Gasteiger partial charge in [-0.25, -0.2) is 4.79 Å². The summed E-state index contributed by atoms with van der Waals surface area (Å²) < 4.78 is 27.2. The van der Waals surface area contributed by atoms with E-state index >= 15 is 0 Å². The highest BCUT2D eigenvalue weighted by atomic mass is 16.6. The zero-order valence-electron chi connectivity index (χ0n) is 21.8. The van der Waals surface area contributed by atoms with Crippen molar-refractivity contribution in [2.45, 2.75) is 98.6 Å². The molecule has 0 bridgehead atoms. The van der Waals surface area contributed by atoms with Gasteiger partial charge in [-0.2, -0.15) is 0 Å². The van der Waals surface area contributed by atoms with Crippen LogP contribution in [0.2, 0.25) is 0 Å². The first kappa shape index (κ1) is 31.4. The van der Waals surface area contributed by atoms with Crippen molar-refractivity contribution >= 4 is 17.7 Å². The molecule has 0 aliphatic rings. The minimum absolute atomic E-state index is 0.0545. The van der Waals surface area contributed by atoms with E-state index in [2.05, 4.69) is 0 Å². The lowest BCUT2D eigenvalue weighted by molar-refractivity contribution is -0.180. The molecular weight excluding hydrogens is 432 g/mol. The first-order chi connectivity index (χ1) is 15.0. The fourth-order valence-electron chi connectivity index (χ4n) is 2.63. The molecule has 0 spiro atoms. The molecule has 0 heterocycles. The number of esters is 2. The van der Waals surface area contributed by atoms with Gasteiger partial charge >= 0.3 is 11.9 Å². The lowest BCUT2D eigenvalue weighted by Crippen LogP contribution is -2.43. The van der Waals surface area contributed by atoms with Crippen LogP contribution < -0.4 is 0 Å². The third-order valence-electron chi connectivity index (χ3n) is 4.67. The minimum Gasteiger partial charge on any atom is -0.463 e. The van der Waals surface area contributed by atoms with Gasteiger partial charge in [-0.3, -0.25) is 9.59 Å². The number of hydrogen-bond acceptors (Lipinski definition) is 9. The molecule has 0 aliphatic carbocycles. The Hall–Kier alpha value is -1.55. The second-order valence-electron chi connectivity index (χ2n) is 10.1. The van der Waals surface area contributed by atoms with Crippen LogP contribution in [0.15, 0.2) is 0 Å². The van der Waals surface area contributed by atoms with Gasteiger partial charge in [0.1, 0.15) is 18.8 Å². The van der Waals surface area contributed by atoms with Gasteiger partial charge in [0, 0.05) is 18.4 Å². The van der Waals surface area contributed by atoms with E-state index in [0.717, 1.165) is 0 Å². The van der Waals surface area contributed by atoms with Crippen LogP contribution in [0.4, 0.5) is 0 Å². The minimum atomic E-state index is -1.17. The van der Waals surface area contributed by atoms with E-state index in [9.17, 15) is 14.4 Å². The summed E-state index contributed by atoms with van der Waals surface area (Å²) in [6.45, 7) is 16.9. The number of hydrogen-bond donors (Lipinski definition) is 1. The van der Waals surface area contributed by atoms with Crippen LogP contribution in [-0.2, 0) is 38.1 Å². The van der Waals surface area contributed by atoms with Gasteiger partial charge in [0.05, 0.1) is 31.8 Å². The number of carbonyl (C=O) groups is 3. The average molecular weight is 477 g/mol. The zero-order valence-corrected chi connectivity index (χ0v) is 21.8. The van der Waals surface area contributed by atoms with E-state index in [0.29, 0.717) is 19.8 Å². The highest BCUT2D eigenvalue weighted by Gasteiger charge is 2.35. The molecule has 0 rings (SSSR count). The molecule has 2 atom stereocenters. The first-order valence-electron chi connectivity index (χ1n) is 11.5. The van der Waals surface area contributed by atoms with Crippen molar-refractivity contribution in [2.75, 3.05) is 33.0 Å². The molecule has 0 fully saturated rings. The van der Waals surface area contributed by atoms with Crippen molar-refractivity contribution in [3.63, 3.8) is 0 Å². The lowest BCUT2D eigenvalue weighted by Gasteiger charge is -2.31. The topological polar surface area (TPSA) is 118 Å². The molecule has 9 heteroatoms.